The molecular formula is C11H13ClN4O. The minimum atomic E-state index is -0.599. The number of anilines is 2. The molecule has 2 atom stereocenters. The summed E-state index contributed by atoms with van der Waals surface area (Å²) in [4.78, 5) is 11.6. The van der Waals surface area contributed by atoms with Crippen molar-refractivity contribution in [2.45, 2.75) is 19.0 Å². The molecule has 0 saturated heterocycles. The number of nitrogens with zero attached hydrogens (tertiary/aromatic N) is 1. The molecule has 0 fully saturated rings. The second kappa shape index (κ2) is 5.04. The summed E-state index contributed by atoms with van der Waals surface area (Å²) in [6, 6.07) is 6.33. The molecule has 0 aliphatic carbocycles. The van der Waals surface area contributed by atoms with Crippen LogP contribution in [0.2, 0.25) is 0 Å². The highest BCUT2D eigenvalue weighted by Gasteiger charge is 2.25. The van der Waals surface area contributed by atoms with Crippen LogP contribution in [0, 0.1) is 11.3 Å². The topological polar surface area (TPSA) is 90.9 Å². The molecule has 0 bridgehead atoms. The summed E-state index contributed by atoms with van der Waals surface area (Å²) >= 11 is 0. The van der Waals surface area contributed by atoms with Crippen LogP contribution >= 0.6 is 12.4 Å². The highest BCUT2D eigenvalue weighted by Crippen LogP contribution is 2.26. The van der Waals surface area contributed by atoms with Crippen molar-refractivity contribution in [2.75, 3.05) is 10.6 Å². The first-order valence-electron chi connectivity index (χ1n) is 4.99. The van der Waals surface area contributed by atoms with E-state index < -0.39 is 6.04 Å². The van der Waals surface area contributed by atoms with Gasteiger partial charge in [0.1, 0.15) is 6.04 Å². The van der Waals surface area contributed by atoms with Crippen LogP contribution < -0.4 is 16.4 Å². The number of carbonyl (C=O) groups is 1. The molecule has 4 N–H and O–H groups in total. The highest BCUT2D eigenvalue weighted by atomic mass is 35.5. The van der Waals surface area contributed by atoms with Gasteiger partial charge < -0.3 is 16.4 Å². The highest BCUT2D eigenvalue weighted by molar-refractivity contribution is 6.00. The fourth-order valence-electron chi connectivity index (χ4n) is 1.62. The van der Waals surface area contributed by atoms with Crippen LogP contribution in [-0.4, -0.2) is 18.0 Å². The molecule has 5 nitrogen and oxygen atoms in total. The van der Waals surface area contributed by atoms with Crippen LogP contribution in [0.25, 0.3) is 0 Å². The third-order valence-corrected chi connectivity index (χ3v) is 2.63. The van der Waals surface area contributed by atoms with Crippen LogP contribution in [-0.2, 0) is 4.79 Å². The van der Waals surface area contributed by atoms with Crippen LogP contribution in [0.15, 0.2) is 18.2 Å². The van der Waals surface area contributed by atoms with E-state index in [9.17, 15) is 4.79 Å². The van der Waals surface area contributed by atoms with Crippen molar-refractivity contribution in [1.29, 1.82) is 5.26 Å². The summed E-state index contributed by atoms with van der Waals surface area (Å²) in [6.07, 6.45) is 0. The largest absolute Gasteiger partial charge is 0.379 e. The summed E-state index contributed by atoms with van der Waals surface area (Å²) in [6.45, 7) is 1.83. The van der Waals surface area contributed by atoms with Crippen molar-refractivity contribution in [3.63, 3.8) is 0 Å². The van der Waals surface area contributed by atoms with Gasteiger partial charge in [-0.3, -0.25) is 4.79 Å². The van der Waals surface area contributed by atoms with Gasteiger partial charge in [-0.05, 0) is 25.1 Å². The van der Waals surface area contributed by atoms with E-state index in [0.29, 0.717) is 11.3 Å². The lowest BCUT2D eigenvalue weighted by Gasteiger charge is -2.16. The number of nitrogens with one attached hydrogen (secondary N) is 2. The molecule has 0 unspecified atom stereocenters. The molecule has 1 aromatic carbocycles. The fourth-order valence-corrected chi connectivity index (χ4v) is 1.62. The van der Waals surface area contributed by atoms with Gasteiger partial charge in [0.05, 0.1) is 23.0 Å². The van der Waals surface area contributed by atoms with Gasteiger partial charge >= 0.3 is 0 Å². The van der Waals surface area contributed by atoms with Gasteiger partial charge in [0, 0.05) is 6.04 Å². The standard InChI is InChI=1S/C11H12N4O.ClH/c1-6-10(13)11(16)15-8-3-2-7(5-12)4-9(8)14-6;/h2-4,6,10,14H,13H2,1H3,(H,15,16);1H/t6-,10-;/m0./s1. The Kier molecular flexibility index (Phi) is 3.94. The summed E-state index contributed by atoms with van der Waals surface area (Å²) < 4.78 is 0. The van der Waals surface area contributed by atoms with E-state index in [-0.39, 0.29) is 24.4 Å². The second-order valence-corrected chi connectivity index (χ2v) is 3.82. The quantitative estimate of drug-likeness (QED) is 0.644. The molecule has 0 saturated carbocycles. The van der Waals surface area contributed by atoms with Gasteiger partial charge in [-0.25, -0.2) is 0 Å². The van der Waals surface area contributed by atoms with Gasteiger partial charge in [-0.2, -0.15) is 5.26 Å². The molecule has 17 heavy (non-hydrogen) atoms. The lowest BCUT2D eigenvalue weighted by Crippen LogP contribution is -2.45. The molecule has 0 aromatic heterocycles. The number of hydrogen-bond donors (Lipinski definition) is 3. The van der Waals surface area contributed by atoms with E-state index in [2.05, 4.69) is 16.7 Å². The van der Waals surface area contributed by atoms with Crippen molar-refractivity contribution >= 4 is 29.7 Å². The Morgan fingerprint density at radius 2 is 2.12 bits per heavy atom. The molecule has 1 aliphatic heterocycles. The molecule has 1 heterocycles. The van der Waals surface area contributed by atoms with Crippen molar-refractivity contribution in [3.05, 3.63) is 23.8 Å². The molecule has 6 heteroatoms. The SMILES string of the molecule is C[C@@H]1Nc2cc(C#N)ccc2NC(=O)[C@H]1N.Cl. The number of rotatable bonds is 0. The zero-order valence-electron chi connectivity index (χ0n) is 9.23. The van der Waals surface area contributed by atoms with Crippen molar-refractivity contribution in [3.8, 4) is 6.07 Å². The molecule has 90 valence electrons. The molecular weight excluding hydrogens is 240 g/mol. The van der Waals surface area contributed by atoms with Gasteiger partial charge in [0.2, 0.25) is 5.91 Å². The smallest absolute Gasteiger partial charge is 0.243 e. The van der Waals surface area contributed by atoms with Crippen LogP contribution in [0.1, 0.15) is 12.5 Å². The molecule has 1 aliphatic rings. The third kappa shape index (κ3) is 2.49. The number of halogens is 1. The number of nitriles is 1. The van der Waals surface area contributed by atoms with Gasteiger partial charge in [-0.1, -0.05) is 0 Å². The van der Waals surface area contributed by atoms with Crippen LogP contribution in [0.3, 0.4) is 0 Å². The summed E-state index contributed by atoms with van der Waals surface area (Å²) in [7, 11) is 0. The lowest BCUT2D eigenvalue weighted by atomic mass is 10.1. The monoisotopic (exact) mass is 252 g/mol. The number of nitrogens with two attached hydrogens (primary N) is 1. The summed E-state index contributed by atoms with van der Waals surface area (Å²) in [5.74, 6) is -0.219. The van der Waals surface area contributed by atoms with Gasteiger partial charge in [-0.15, -0.1) is 12.4 Å². The van der Waals surface area contributed by atoms with Crippen LogP contribution in [0.5, 0.6) is 0 Å². The maximum Gasteiger partial charge on any atom is 0.243 e. The maximum absolute atomic E-state index is 11.6. The Bertz CT molecular complexity index is 483. The Morgan fingerprint density at radius 1 is 1.41 bits per heavy atom. The van der Waals surface area contributed by atoms with Gasteiger partial charge in [0.25, 0.3) is 0 Å². The maximum atomic E-state index is 11.6. The Labute approximate surface area is 105 Å². The number of amides is 1. The molecule has 1 aromatic rings. The van der Waals surface area contributed by atoms with E-state index in [0.717, 1.165) is 5.69 Å². The predicted molar refractivity (Wildman–Crippen MR) is 68.1 cm³/mol. The average molecular weight is 253 g/mol. The first-order valence-corrected chi connectivity index (χ1v) is 4.99. The number of benzene rings is 1. The number of hydrogen-bond acceptors (Lipinski definition) is 4. The third-order valence-electron chi connectivity index (χ3n) is 2.63. The first kappa shape index (κ1) is 13.3. The van der Waals surface area contributed by atoms with Crippen molar-refractivity contribution in [2.24, 2.45) is 5.73 Å². The summed E-state index contributed by atoms with van der Waals surface area (Å²) in [5.41, 5.74) is 7.66. The average Bonchev–Trinajstić information content (AvgIpc) is 2.38. The van der Waals surface area contributed by atoms with Gasteiger partial charge in [0.15, 0.2) is 0 Å². The molecule has 0 radical (unpaired) electrons. The number of fused-ring (bicyclic) bond motifs is 1. The fraction of sp³-hybridized carbons (Fsp3) is 0.273. The first-order chi connectivity index (χ1) is 7.61. The normalized spacial score (nSPS) is 22.1. The van der Waals surface area contributed by atoms with E-state index in [1.54, 1.807) is 18.2 Å². The zero-order valence-corrected chi connectivity index (χ0v) is 10.0. The predicted octanol–water partition coefficient (Wildman–Crippen LogP) is 1.06. The minimum absolute atomic E-state index is 0. The molecule has 1 amide bonds. The summed E-state index contributed by atoms with van der Waals surface area (Å²) in [5, 5.41) is 14.6. The number of carbonyl (C=O) groups excluding carboxylic acids is 1. The van der Waals surface area contributed by atoms with Crippen molar-refractivity contribution < 1.29 is 4.79 Å². The molecule has 0 spiro atoms. The van der Waals surface area contributed by atoms with Crippen LogP contribution in [0.4, 0.5) is 11.4 Å². The molecule has 2 rings (SSSR count). The Balaban J connectivity index is 0.00000144. The minimum Gasteiger partial charge on any atom is -0.379 e. The van der Waals surface area contributed by atoms with Crippen molar-refractivity contribution in [1.82, 2.24) is 0 Å². The zero-order chi connectivity index (χ0) is 11.7. The van der Waals surface area contributed by atoms with E-state index in [1.165, 1.54) is 0 Å². The second-order valence-electron chi connectivity index (χ2n) is 3.82. The Morgan fingerprint density at radius 3 is 2.76 bits per heavy atom. The lowest BCUT2D eigenvalue weighted by molar-refractivity contribution is -0.117. The van der Waals surface area contributed by atoms with E-state index in [4.69, 9.17) is 11.0 Å². The van der Waals surface area contributed by atoms with E-state index in [1.807, 2.05) is 6.92 Å². The van der Waals surface area contributed by atoms with E-state index >= 15 is 0 Å². The Hall–Kier alpha value is -1.77.